The summed E-state index contributed by atoms with van der Waals surface area (Å²) in [7, 11) is 0.500. The summed E-state index contributed by atoms with van der Waals surface area (Å²) in [4.78, 5) is 0. The number of hydrogen-bond acceptors (Lipinski definition) is 1. The van der Waals surface area contributed by atoms with Gasteiger partial charge in [-0.3, -0.25) is 4.39 Å². The summed E-state index contributed by atoms with van der Waals surface area (Å²) in [5.74, 6) is -0.354. The topological polar surface area (TPSA) is 26.0 Å². The lowest BCUT2D eigenvalue weighted by molar-refractivity contribution is 0.632. The molecule has 0 saturated carbocycles. The molecule has 0 aliphatic rings. The van der Waals surface area contributed by atoms with Gasteiger partial charge in [0.25, 0.3) is 0 Å². The molecular weight excluding hydrogens is 136 g/mol. The molecule has 0 aliphatic carbocycles. The second-order valence-corrected chi connectivity index (χ2v) is 1.52. The van der Waals surface area contributed by atoms with E-state index < -0.39 is 0 Å². The molecule has 0 amide bonds. The van der Waals surface area contributed by atoms with Crippen LogP contribution in [0.1, 0.15) is 0 Å². The van der Waals surface area contributed by atoms with Gasteiger partial charge in [0.15, 0.2) is 0 Å². The lowest BCUT2D eigenvalue weighted by Gasteiger charge is -1.89. The molecule has 0 heterocycles. The van der Waals surface area contributed by atoms with Crippen LogP contribution in [-0.4, -0.2) is 7.18 Å². The molecule has 0 spiro atoms. The van der Waals surface area contributed by atoms with Gasteiger partial charge in [0, 0.05) is 0 Å². The molecule has 1 aromatic carbocycles. The van der Waals surface area contributed by atoms with Crippen molar-refractivity contribution in [2.75, 3.05) is 12.9 Å². The lowest BCUT2D eigenvalue weighted by Crippen LogP contribution is -1.86. The number of rotatable bonds is 0. The predicted molar refractivity (Wildman–Crippen MR) is 37.8 cm³/mol. The first-order valence-electron chi connectivity index (χ1n) is 2.68. The highest BCUT2D eigenvalue weighted by molar-refractivity contribution is 5.38. The molecule has 1 aromatic rings. The maximum Gasteiger partial charge on any atom is 0.146 e. The largest absolute Gasteiger partial charge is 0.396 e. The summed E-state index contributed by atoms with van der Waals surface area (Å²) in [6, 6.07) is 6.15. The lowest BCUT2D eigenvalue weighted by atomic mass is 10.3. The highest BCUT2D eigenvalue weighted by Crippen LogP contribution is 2.05. The van der Waals surface area contributed by atoms with Crippen LogP contribution in [0, 0.1) is 5.82 Å². The molecule has 1 nitrogen and oxygen atoms in total. The zero-order chi connectivity index (χ0) is 7.98. The number of alkyl halides is 1. The van der Waals surface area contributed by atoms with Crippen molar-refractivity contribution in [2.45, 2.75) is 0 Å². The minimum atomic E-state index is -0.354. The van der Waals surface area contributed by atoms with E-state index in [0.717, 1.165) is 0 Å². The molecule has 0 fully saturated rings. The van der Waals surface area contributed by atoms with Crippen molar-refractivity contribution in [3.8, 4) is 0 Å². The van der Waals surface area contributed by atoms with Gasteiger partial charge in [-0.25, -0.2) is 4.39 Å². The Bertz CT molecular complexity index is 168. The van der Waals surface area contributed by atoms with Crippen molar-refractivity contribution >= 4 is 5.69 Å². The fourth-order valence-corrected chi connectivity index (χ4v) is 0.475. The Labute approximate surface area is 58.5 Å². The minimum absolute atomic E-state index is 0.201. The van der Waals surface area contributed by atoms with E-state index >= 15 is 0 Å². The van der Waals surface area contributed by atoms with Crippen LogP contribution in [-0.2, 0) is 0 Å². The smallest absolute Gasteiger partial charge is 0.146 e. The Kier molecular flexibility index (Phi) is 4.20. The maximum atomic E-state index is 12.2. The number of para-hydroxylation sites is 1. The first-order valence-corrected chi connectivity index (χ1v) is 2.68. The van der Waals surface area contributed by atoms with E-state index in [0.29, 0.717) is 7.18 Å². The van der Waals surface area contributed by atoms with E-state index in [1.54, 1.807) is 12.1 Å². The van der Waals surface area contributed by atoms with Crippen LogP contribution in [0.3, 0.4) is 0 Å². The summed E-state index contributed by atoms with van der Waals surface area (Å²) < 4.78 is 21.7. The fourth-order valence-electron chi connectivity index (χ4n) is 0.475. The molecule has 1 rings (SSSR count). The van der Waals surface area contributed by atoms with Gasteiger partial charge >= 0.3 is 0 Å². The Balaban J connectivity index is 0.000000371. The normalized spacial score (nSPS) is 7.90. The molecule has 3 heteroatoms. The third-order valence-corrected chi connectivity index (χ3v) is 0.905. The molecule has 0 saturated heterocycles. The first-order chi connectivity index (χ1) is 4.80. The average Bonchev–Trinajstić information content (AvgIpc) is 2.00. The van der Waals surface area contributed by atoms with Crippen molar-refractivity contribution in [1.29, 1.82) is 0 Å². The van der Waals surface area contributed by atoms with Crippen molar-refractivity contribution in [3.05, 3.63) is 30.1 Å². The van der Waals surface area contributed by atoms with E-state index in [1.165, 1.54) is 12.1 Å². The van der Waals surface area contributed by atoms with Crippen molar-refractivity contribution in [1.82, 2.24) is 0 Å². The van der Waals surface area contributed by atoms with Gasteiger partial charge in [-0.05, 0) is 12.1 Å². The zero-order valence-electron chi connectivity index (χ0n) is 5.64. The number of nitrogen functional groups attached to an aromatic ring is 1. The molecule has 0 bridgehead atoms. The summed E-state index contributed by atoms with van der Waals surface area (Å²) in [6.07, 6.45) is 0. The number of nitrogens with two attached hydrogens (primary N) is 1. The van der Waals surface area contributed by atoms with Crippen LogP contribution in [0.15, 0.2) is 24.3 Å². The van der Waals surface area contributed by atoms with Gasteiger partial charge in [-0.1, -0.05) is 12.1 Å². The highest BCUT2D eigenvalue weighted by atomic mass is 19.1. The Morgan fingerprint density at radius 1 is 1.20 bits per heavy atom. The van der Waals surface area contributed by atoms with E-state index in [-0.39, 0.29) is 11.5 Å². The second kappa shape index (κ2) is 4.73. The van der Waals surface area contributed by atoms with Crippen molar-refractivity contribution < 1.29 is 8.78 Å². The standard InChI is InChI=1S/C6H6FN.CH3F/c7-5-3-1-2-4-6(5)8;1-2/h1-4H,8H2;1H3. The van der Waals surface area contributed by atoms with Gasteiger partial charge in [0.2, 0.25) is 0 Å². The van der Waals surface area contributed by atoms with Crippen molar-refractivity contribution in [3.63, 3.8) is 0 Å². The van der Waals surface area contributed by atoms with Gasteiger partial charge in [-0.2, -0.15) is 0 Å². The Morgan fingerprint density at radius 3 is 2.00 bits per heavy atom. The molecule has 0 radical (unpaired) electrons. The van der Waals surface area contributed by atoms with Gasteiger partial charge in [-0.15, -0.1) is 0 Å². The molecule has 56 valence electrons. The fraction of sp³-hybridized carbons (Fsp3) is 0.143. The monoisotopic (exact) mass is 145 g/mol. The summed E-state index contributed by atoms with van der Waals surface area (Å²) in [5.41, 5.74) is 5.35. The molecule has 0 unspecified atom stereocenters. The van der Waals surface area contributed by atoms with E-state index in [9.17, 15) is 8.78 Å². The van der Waals surface area contributed by atoms with Crippen LogP contribution in [0.4, 0.5) is 14.5 Å². The van der Waals surface area contributed by atoms with Crippen molar-refractivity contribution in [2.24, 2.45) is 0 Å². The van der Waals surface area contributed by atoms with Crippen LogP contribution < -0.4 is 5.73 Å². The third-order valence-electron chi connectivity index (χ3n) is 0.905. The highest BCUT2D eigenvalue weighted by Gasteiger charge is 1.89. The van der Waals surface area contributed by atoms with Gasteiger partial charge < -0.3 is 5.73 Å². The number of anilines is 1. The zero-order valence-corrected chi connectivity index (χ0v) is 5.64. The van der Waals surface area contributed by atoms with Crippen LogP contribution in [0.5, 0.6) is 0 Å². The van der Waals surface area contributed by atoms with E-state index in [4.69, 9.17) is 5.73 Å². The molecule has 0 aromatic heterocycles. The van der Waals surface area contributed by atoms with Gasteiger partial charge in [0.1, 0.15) is 5.82 Å². The summed E-state index contributed by atoms with van der Waals surface area (Å²) in [5, 5.41) is 0. The van der Waals surface area contributed by atoms with E-state index in [2.05, 4.69) is 0 Å². The maximum absolute atomic E-state index is 12.2. The minimum Gasteiger partial charge on any atom is -0.396 e. The number of halogens is 2. The molecular formula is C7H9F2N. The first kappa shape index (κ1) is 8.88. The molecule has 10 heavy (non-hydrogen) atoms. The summed E-state index contributed by atoms with van der Waals surface area (Å²) in [6.45, 7) is 0. The summed E-state index contributed by atoms with van der Waals surface area (Å²) >= 11 is 0. The predicted octanol–water partition coefficient (Wildman–Crippen LogP) is 1.99. The Hall–Kier alpha value is -1.12. The molecule has 2 N–H and O–H groups in total. The van der Waals surface area contributed by atoms with Crippen LogP contribution in [0.25, 0.3) is 0 Å². The van der Waals surface area contributed by atoms with Crippen LogP contribution >= 0.6 is 0 Å². The number of benzene rings is 1. The molecule has 0 aliphatic heterocycles. The Morgan fingerprint density at radius 2 is 1.70 bits per heavy atom. The number of hydrogen-bond donors (Lipinski definition) is 1. The van der Waals surface area contributed by atoms with Gasteiger partial charge in [0.05, 0.1) is 12.9 Å². The third kappa shape index (κ3) is 2.44. The quantitative estimate of drug-likeness (QED) is 0.555. The van der Waals surface area contributed by atoms with E-state index in [1.807, 2.05) is 0 Å². The second-order valence-electron chi connectivity index (χ2n) is 1.52. The average molecular weight is 145 g/mol. The SMILES string of the molecule is CF.Nc1ccccc1F. The molecule has 0 atom stereocenters. The van der Waals surface area contributed by atoms with Crippen LogP contribution in [0.2, 0.25) is 0 Å².